The fourth-order valence-electron chi connectivity index (χ4n) is 1.64. The number of rotatable bonds is 6. The number of hydrogen-bond donors (Lipinski definition) is 1. The lowest BCUT2D eigenvalue weighted by Crippen LogP contribution is -2.35. The second-order valence-corrected chi connectivity index (χ2v) is 4.22. The van der Waals surface area contributed by atoms with Crippen LogP contribution in [0.25, 0.3) is 6.08 Å². The summed E-state index contributed by atoms with van der Waals surface area (Å²) < 4.78 is 0. The largest absolute Gasteiger partial charge is 0.480 e. The van der Waals surface area contributed by atoms with Crippen LogP contribution in [0.1, 0.15) is 24.5 Å². The van der Waals surface area contributed by atoms with E-state index in [1.54, 1.807) is 30.3 Å². The van der Waals surface area contributed by atoms with Crippen molar-refractivity contribution < 1.29 is 14.7 Å². The summed E-state index contributed by atoms with van der Waals surface area (Å²) in [6.07, 6.45) is 3.65. The molecule has 0 fully saturated rings. The summed E-state index contributed by atoms with van der Waals surface area (Å²) in [6.45, 7) is 1.99. The van der Waals surface area contributed by atoms with Crippen molar-refractivity contribution in [3.63, 3.8) is 0 Å². The van der Waals surface area contributed by atoms with E-state index in [-0.39, 0.29) is 12.5 Å². The van der Waals surface area contributed by atoms with Gasteiger partial charge in [0.05, 0.1) is 11.6 Å². The van der Waals surface area contributed by atoms with E-state index in [0.29, 0.717) is 18.5 Å². The number of benzene rings is 1. The minimum absolute atomic E-state index is 0.301. The van der Waals surface area contributed by atoms with Crippen molar-refractivity contribution in [1.82, 2.24) is 4.90 Å². The highest BCUT2D eigenvalue weighted by Crippen LogP contribution is 2.06. The third-order valence-electron chi connectivity index (χ3n) is 2.59. The van der Waals surface area contributed by atoms with Gasteiger partial charge in [0.2, 0.25) is 5.91 Å². The van der Waals surface area contributed by atoms with Crippen LogP contribution in [0.2, 0.25) is 0 Å². The predicted molar refractivity (Wildman–Crippen MR) is 74.7 cm³/mol. The Bertz CT molecular complexity index is 541. The highest BCUT2D eigenvalue weighted by atomic mass is 16.4. The lowest BCUT2D eigenvalue weighted by Gasteiger charge is -2.17. The van der Waals surface area contributed by atoms with Crippen LogP contribution in [0.3, 0.4) is 0 Å². The number of hydrogen-bond acceptors (Lipinski definition) is 3. The molecule has 0 aliphatic heterocycles. The van der Waals surface area contributed by atoms with E-state index in [1.165, 1.54) is 11.0 Å². The SMILES string of the molecule is CCCN(CC(=O)O)C(=O)/C=C/c1ccc(C#N)cc1. The van der Waals surface area contributed by atoms with Gasteiger partial charge >= 0.3 is 5.97 Å². The van der Waals surface area contributed by atoms with Crippen LogP contribution in [0.5, 0.6) is 0 Å². The van der Waals surface area contributed by atoms with Gasteiger partial charge in [-0.25, -0.2) is 0 Å². The lowest BCUT2D eigenvalue weighted by atomic mass is 10.1. The summed E-state index contributed by atoms with van der Waals surface area (Å²) in [5.41, 5.74) is 1.33. The Morgan fingerprint density at radius 3 is 2.50 bits per heavy atom. The zero-order valence-corrected chi connectivity index (χ0v) is 11.2. The van der Waals surface area contributed by atoms with E-state index in [2.05, 4.69) is 0 Å². The Morgan fingerprint density at radius 2 is 2.00 bits per heavy atom. The Morgan fingerprint density at radius 1 is 1.35 bits per heavy atom. The molecule has 0 radical (unpaired) electrons. The number of carbonyl (C=O) groups excluding carboxylic acids is 1. The maximum Gasteiger partial charge on any atom is 0.323 e. The molecule has 5 nitrogen and oxygen atoms in total. The molecule has 1 N–H and O–H groups in total. The van der Waals surface area contributed by atoms with E-state index in [4.69, 9.17) is 10.4 Å². The van der Waals surface area contributed by atoms with Crippen molar-refractivity contribution in [3.8, 4) is 6.07 Å². The monoisotopic (exact) mass is 272 g/mol. The topological polar surface area (TPSA) is 81.4 Å². The van der Waals surface area contributed by atoms with E-state index in [0.717, 1.165) is 5.56 Å². The molecule has 0 aliphatic rings. The maximum absolute atomic E-state index is 11.9. The van der Waals surface area contributed by atoms with Crippen molar-refractivity contribution in [3.05, 3.63) is 41.5 Å². The summed E-state index contributed by atoms with van der Waals surface area (Å²) in [6, 6.07) is 8.78. The van der Waals surface area contributed by atoms with Crippen molar-refractivity contribution in [2.75, 3.05) is 13.1 Å². The first-order chi connectivity index (χ1) is 9.56. The second-order valence-electron chi connectivity index (χ2n) is 4.22. The average molecular weight is 272 g/mol. The number of carbonyl (C=O) groups is 2. The van der Waals surface area contributed by atoms with Gasteiger partial charge in [-0.3, -0.25) is 9.59 Å². The van der Waals surface area contributed by atoms with Gasteiger partial charge < -0.3 is 10.0 Å². The molecule has 0 saturated heterocycles. The van der Waals surface area contributed by atoms with Crippen molar-refractivity contribution >= 4 is 18.0 Å². The predicted octanol–water partition coefficient (Wildman–Crippen LogP) is 1.89. The first-order valence-corrected chi connectivity index (χ1v) is 6.25. The van der Waals surface area contributed by atoms with E-state index >= 15 is 0 Å². The van der Waals surface area contributed by atoms with Crippen LogP contribution in [-0.2, 0) is 9.59 Å². The fourth-order valence-corrected chi connectivity index (χ4v) is 1.64. The first-order valence-electron chi connectivity index (χ1n) is 6.25. The Hall–Kier alpha value is -2.61. The smallest absolute Gasteiger partial charge is 0.323 e. The molecule has 1 aromatic rings. The fraction of sp³-hybridized carbons (Fsp3) is 0.267. The Balaban J connectivity index is 2.72. The van der Waals surface area contributed by atoms with E-state index in [1.807, 2.05) is 13.0 Å². The molecule has 20 heavy (non-hydrogen) atoms. The molecular weight excluding hydrogens is 256 g/mol. The normalized spacial score (nSPS) is 10.2. The highest BCUT2D eigenvalue weighted by Gasteiger charge is 2.12. The number of carboxylic acid groups (broad SMARTS) is 1. The molecule has 0 aromatic heterocycles. The molecule has 0 atom stereocenters. The molecule has 5 heteroatoms. The Labute approximate surface area is 117 Å². The van der Waals surface area contributed by atoms with Crippen LogP contribution < -0.4 is 0 Å². The molecule has 0 bridgehead atoms. The van der Waals surface area contributed by atoms with Crippen molar-refractivity contribution in [1.29, 1.82) is 5.26 Å². The molecule has 0 spiro atoms. The lowest BCUT2D eigenvalue weighted by molar-refractivity contribution is -0.142. The van der Waals surface area contributed by atoms with Gasteiger partial charge in [-0.1, -0.05) is 19.1 Å². The molecule has 1 rings (SSSR count). The summed E-state index contributed by atoms with van der Waals surface area (Å²) in [4.78, 5) is 23.9. The minimum Gasteiger partial charge on any atom is -0.480 e. The highest BCUT2D eigenvalue weighted by molar-refractivity contribution is 5.93. The molecule has 0 unspecified atom stereocenters. The van der Waals surface area contributed by atoms with Gasteiger partial charge in [-0.2, -0.15) is 5.26 Å². The number of carboxylic acids is 1. The summed E-state index contributed by atoms with van der Waals surface area (Å²) >= 11 is 0. The number of nitrogens with zero attached hydrogens (tertiary/aromatic N) is 2. The third kappa shape index (κ3) is 4.94. The van der Waals surface area contributed by atoms with Gasteiger partial charge in [-0.15, -0.1) is 0 Å². The van der Waals surface area contributed by atoms with Crippen LogP contribution in [0, 0.1) is 11.3 Å². The third-order valence-corrected chi connectivity index (χ3v) is 2.59. The maximum atomic E-state index is 11.9. The van der Waals surface area contributed by atoms with Gasteiger partial charge in [0.1, 0.15) is 6.54 Å². The summed E-state index contributed by atoms with van der Waals surface area (Å²) in [5, 5.41) is 17.4. The first kappa shape index (κ1) is 15.4. The summed E-state index contributed by atoms with van der Waals surface area (Å²) in [5.74, 6) is -1.36. The zero-order chi connectivity index (χ0) is 15.0. The molecule has 0 aliphatic carbocycles. The Kier molecular flexibility index (Phi) is 5.98. The molecule has 0 saturated carbocycles. The van der Waals surface area contributed by atoms with Gasteiger partial charge in [-0.05, 0) is 30.2 Å². The molecule has 1 amide bonds. The molecule has 1 aromatic carbocycles. The van der Waals surface area contributed by atoms with Gasteiger partial charge in [0.25, 0.3) is 0 Å². The standard InChI is InChI=1S/C15H16N2O3/c1-2-9-17(11-15(19)20)14(18)8-7-12-3-5-13(10-16)6-4-12/h3-8H,2,9,11H2,1H3,(H,19,20)/b8-7+. The van der Waals surface area contributed by atoms with Crippen molar-refractivity contribution in [2.24, 2.45) is 0 Å². The van der Waals surface area contributed by atoms with E-state index < -0.39 is 5.97 Å². The van der Waals surface area contributed by atoms with Gasteiger partial charge in [0, 0.05) is 12.6 Å². The van der Waals surface area contributed by atoms with Crippen LogP contribution in [-0.4, -0.2) is 35.0 Å². The quantitative estimate of drug-likeness (QED) is 0.802. The van der Waals surface area contributed by atoms with Crippen LogP contribution >= 0.6 is 0 Å². The molecule has 0 heterocycles. The number of nitriles is 1. The van der Waals surface area contributed by atoms with E-state index in [9.17, 15) is 9.59 Å². The van der Waals surface area contributed by atoms with Crippen LogP contribution in [0.15, 0.2) is 30.3 Å². The number of aliphatic carboxylic acids is 1. The number of amides is 1. The van der Waals surface area contributed by atoms with Gasteiger partial charge in [0.15, 0.2) is 0 Å². The van der Waals surface area contributed by atoms with Crippen molar-refractivity contribution in [2.45, 2.75) is 13.3 Å². The zero-order valence-electron chi connectivity index (χ0n) is 11.2. The second kappa shape index (κ2) is 7.74. The average Bonchev–Trinajstić information content (AvgIpc) is 2.44. The molecule has 104 valence electrons. The minimum atomic E-state index is -1.03. The van der Waals surface area contributed by atoms with Crippen LogP contribution in [0.4, 0.5) is 0 Å². The molecular formula is C15H16N2O3. The summed E-state index contributed by atoms with van der Waals surface area (Å²) in [7, 11) is 0.